The number of amides is 1. The number of hydrogen-bond donors (Lipinski definition) is 1. The van der Waals surface area contributed by atoms with Gasteiger partial charge in [-0.15, -0.1) is 0 Å². The fraction of sp³-hybridized carbons (Fsp3) is 0.385. The molecule has 0 atom stereocenters. The Morgan fingerprint density at radius 3 is 2.94 bits per heavy atom. The van der Waals surface area contributed by atoms with Crippen molar-refractivity contribution in [3.8, 4) is 0 Å². The largest absolute Gasteiger partial charge is 0.352 e. The number of fused-ring (bicyclic) bond motifs is 1. The summed E-state index contributed by atoms with van der Waals surface area (Å²) in [7, 11) is 0. The molecule has 0 aliphatic heterocycles. The lowest BCUT2D eigenvalue weighted by Gasteiger charge is -2.04. The maximum atomic E-state index is 11.9. The molecule has 2 aromatic rings. The van der Waals surface area contributed by atoms with E-state index >= 15 is 0 Å². The highest BCUT2D eigenvalue weighted by Gasteiger charge is 2.13. The lowest BCUT2D eigenvalue weighted by atomic mass is 10.3. The smallest absolute Gasteiger partial charge is 0.255 e. The first-order chi connectivity index (χ1) is 8.13. The van der Waals surface area contributed by atoms with Gasteiger partial charge < -0.3 is 9.72 Å². The fourth-order valence-electron chi connectivity index (χ4n) is 1.90. The summed E-state index contributed by atoms with van der Waals surface area (Å²) in [6, 6.07) is 3.82. The van der Waals surface area contributed by atoms with Crippen molar-refractivity contribution in [3.05, 3.63) is 35.3 Å². The summed E-state index contributed by atoms with van der Waals surface area (Å²) < 4.78 is 1.94. The van der Waals surface area contributed by atoms with Crippen LogP contribution in [0.25, 0.3) is 5.65 Å². The number of carbonyl (C=O) groups is 1. The molecule has 0 saturated heterocycles. The number of nitrogens with one attached hydrogen (secondary N) is 1. The average Bonchev–Trinajstić information content (AvgIpc) is 2.69. The summed E-state index contributed by atoms with van der Waals surface area (Å²) in [5, 5.41) is 2.87. The van der Waals surface area contributed by atoms with Gasteiger partial charge >= 0.3 is 0 Å². The Morgan fingerprint density at radius 1 is 1.47 bits per heavy atom. The second kappa shape index (κ2) is 4.57. The van der Waals surface area contributed by atoms with Crippen molar-refractivity contribution in [1.82, 2.24) is 14.7 Å². The Kier molecular flexibility index (Phi) is 3.13. The predicted octanol–water partition coefficient (Wildman–Crippen LogP) is 2.09. The second-order valence-electron chi connectivity index (χ2n) is 4.22. The minimum absolute atomic E-state index is 0.0492. The fourth-order valence-corrected chi connectivity index (χ4v) is 1.90. The first-order valence-electron chi connectivity index (χ1n) is 5.87. The number of carbonyl (C=O) groups excluding carboxylic acids is 1. The van der Waals surface area contributed by atoms with E-state index < -0.39 is 0 Å². The third kappa shape index (κ3) is 2.16. The highest BCUT2D eigenvalue weighted by Crippen LogP contribution is 2.13. The Bertz CT molecular complexity index is 557. The SMILES string of the molecule is CCCNC(=O)c1ccn2c(C)cc(C)nc12. The minimum Gasteiger partial charge on any atom is -0.352 e. The van der Waals surface area contributed by atoms with Crippen LogP contribution in [0.5, 0.6) is 0 Å². The van der Waals surface area contributed by atoms with Crippen LogP contribution in [0.15, 0.2) is 18.3 Å². The summed E-state index contributed by atoms with van der Waals surface area (Å²) in [5.41, 5.74) is 3.39. The van der Waals surface area contributed by atoms with Crippen LogP contribution in [-0.4, -0.2) is 21.8 Å². The number of aromatic nitrogens is 2. The molecule has 2 rings (SSSR count). The standard InChI is InChI=1S/C13H17N3O/c1-4-6-14-13(17)11-5-7-16-10(3)8-9(2)15-12(11)16/h5,7-8H,4,6H2,1-3H3,(H,14,17). The van der Waals surface area contributed by atoms with E-state index in [1.807, 2.05) is 43.5 Å². The third-order valence-corrected chi connectivity index (χ3v) is 2.72. The normalized spacial score (nSPS) is 10.8. The van der Waals surface area contributed by atoms with Crippen molar-refractivity contribution >= 4 is 11.6 Å². The summed E-state index contributed by atoms with van der Waals surface area (Å²) in [6.45, 7) is 6.68. The minimum atomic E-state index is -0.0492. The molecule has 0 aromatic carbocycles. The molecule has 0 saturated carbocycles. The van der Waals surface area contributed by atoms with Crippen molar-refractivity contribution in [2.45, 2.75) is 27.2 Å². The molecule has 2 aromatic heterocycles. The van der Waals surface area contributed by atoms with Crippen molar-refractivity contribution in [2.75, 3.05) is 6.54 Å². The zero-order valence-corrected chi connectivity index (χ0v) is 10.4. The van der Waals surface area contributed by atoms with E-state index in [-0.39, 0.29) is 5.91 Å². The quantitative estimate of drug-likeness (QED) is 0.879. The number of aryl methyl sites for hydroxylation is 2. The van der Waals surface area contributed by atoms with E-state index in [1.165, 1.54) is 0 Å². The van der Waals surface area contributed by atoms with Gasteiger partial charge in [-0.05, 0) is 32.4 Å². The third-order valence-electron chi connectivity index (χ3n) is 2.72. The van der Waals surface area contributed by atoms with E-state index in [4.69, 9.17) is 0 Å². The summed E-state index contributed by atoms with van der Waals surface area (Å²) in [5.74, 6) is -0.0492. The molecule has 0 aliphatic rings. The molecular formula is C13H17N3O. The van der Waals surface area contributed by atoms with Gasteiger partial charge in [0.25, 0.3) is 5.91 Å². The zero-order chi connectivity index (χ0) is 12.4. The Labute approximate surface area is 101 Å². The monoisotopic (exact) mass is 231 g/mol. The Morgan fingerprint density at radius 2 is 2.24 bits per heavy atom. The summed E-state index contributed by atoms with van der Waals surface area (Å²) in [4.78, 5) is 16.4. The molecule has 0 radical (unpaired) electrons. The molecule has 0 fully saturated rings. The van der Waals surface area contributed by atoms with Crippen LogP contribution >= 0.6 is 0 Å². The molecule has 1 amide bonds. The van der Waals surface area contributed by atoms with Crippen LogP contribution in [0.2, 0.25) is 0 Å². The molecule has 4 nitrogen and oxygen atoms in total. The topological polar surface area (TPSA) is 46.4 Å². The van der Waals surface area contributed by atoms with Crippen LogP contribution in [-0.2, 0) is 0 Å². The molecule has 0 spiro atoms. The predicted molar refractivity (Wildman–Crippen MR) is 67.3 cm³/mol. The maximum absolute atomic E-state index is 11.9. The van der Waals surface area contributed by atoms with Gasteiger partial charge in [0.1, 0.15) is 5.65 Å². The number of rotatable bonds is 3. The van der Waals surface area contributed by atoms with Crippen LogP contribution in [0.1, 0.15) is 35.1 Å². The number of hydrogen-bond acceptors (Lipinski definition) is 2. The highest BCUT2D eigenvalue weighted by molar-refractivity contribution is 6.00. The first-order valence-corrected chi connectivity index (χ1v) is 5.87. The molecule has 0 unspecified atom stereocenters. The van der Waals surface area contributed by atoms with Crippen molar-refractivity contribution in [1.29, 1.82) is 0 Å². The molecule has 2 heterocycles. The Hall–Kier alpha value is -1.84. The van der Waals surface area contributed by atoms with E-state index in [2.05, 4.69) is 10.3 Å². The van der Waals surface area contributed by atoms with Crippen LogP contribution in [0.3, 0.4) is 0 Å². The molecule has 1 N–H and O–H groups in total. The van der Waals surface area contributed by atoms with E-state index in [9.17, 15) is 4.79 Å². The van der Waals surface area contributed by atoms with Gasteiger partial charge in [0.15, 0.2) is 0 Å². The van der Waals surface area contributed by atoms with Gasteiger partial charge in [0, 0.05) is 24.1 Å². The van der Waals surface area contributed by atoms with Gasteiger partial charge in [0.05, 0.1) is 5.56 Å². The molecule has 0 aliphatic carbocycles. The van der Waals surface area contributed by atoms with E-state index in [1.54, 1.807) is 0 Å². The Balaban J connectivity index is 2.45. The molecule has 90 valence electrons. The van der Waals surface area contributed by atoms with Gasteiger partial charge in [-0.1, -0.05) is 6.92 Å². The average molecular weight is 231 g/mol. The van der Waals surface area contributed by atoms with Gasteiger partial charge in [-0.2, -0.15) is 0 Å². The van der Waals surface area contributed by atoms with Crippen molar-refractivity contribution < 1.29 is 4.79 Å². The second-order valence-corrected chi connectivity index (χ2v) is 4.22. The number of nitrogens with zero attached hydrogens (tertiary/aromatic N) is 2. The van der Waals surface area contributed by atoms with Crippen LogP contribution in [0.4, 0.5) is 0 Å². The van der Waals surface area contributed by atoms with Gasteiger partial charge in [-0.25, -0.2) is 4.98 Å². The van der Waals surface area contributed by atoms with Crippen LogP contribution in [0, 0.1) is 13.8 Å². The van der Waals surface area contributed by atoms with Gasteiger partial charge in [-0.3, -0.25) is 4.79 Å². The summed E-state index contributed by atoms with van der Waals surface area (Å²) in [6.07, 6.45) is 2.82. The zero-order valence-electron chi connectivity index (χ0n) is 10.4. The van der Waals surface area contributed by atoms with E-state index in [0.717, 1.165) is 23.5 Å². The molecule has 17 heavy (non-hydrogen) atoms. The van der Waals surface area contributed by atoms with Crippen molar-refractivity contribution in [3.63, 3.8) is 0 Å². The molecular weight excluding hydrogens is 214 g/mol. The highest BCUT2D eigenvalue weighted by atomic mass is 16.1. The van der Waals surface area contributed by atoms with Crippen molar-refractivity contribution in [2.24, 2.45) is 0 Å². The summed E-state index contributed by atoms with van der Waals surface area (Å²) >= 11 is 0. The first kappa shape index (κ1) is 11.6. The van der Waals surface area contributed by atoms with Gasteiger partial charge in [0.2, 0.25) is 0 Å². The lowest BCUT2D eigenvalue weighted by Crippen LogP contribution is -2.24. The van der Waals surface area contributed by atoms with E-state index in [0.29, 0.717) is 12.1 Å². The molecule has 4 heteroatoms. The molecule has 0 bridgehead atoms. The van der Waals surface area contributed by atoms with Crippen LogP contribution < -0.4 is 5.32 Å². The lowest BCUT2D eigenvalue weighted by molar-refractivity contribution is 0.0955. The maximum Gasteiger partial charge on any atom is 0.255 e.